The van der Waals surface area contributed by atoms with Gasteiger partial charge in [-0.15, -0.1) is 0 Å². The largest absolute Gasteiger partial charge is 0.342 e. The van der Waals surface area contributed by atoms with Crippen LogP contribution < -0.4 is 10.3 Å². The second-order valence-electron chi connectivity index (χ2n) is 2.35. The maximum Gasteiger partial charge on any atom is 0.342 e. The Balaban J connectivity index is 2.73. The Kier molecular flexibility index (Phi) is 2.97. The van der Waals surface area contributed by atoms with Gasteiger partial charge in [-0.25, -0.2) is 10.2 Å². The lowest BCUT2D eigenvalue weighted by Crippen LogP contribution is -2.34. The first kappa shape index (κ1) is 9.18. The molecule has 0 saturated heterocycles. The monoisotopic (exact) mass is 178 g/mol. The Morgan fingerprint density at radius 3 is 3.08 bits per heavy atom. The molecular weight excluding hydrogens is 168 g/mol. The lowest BCUT2D eigenvalue weighted by molar-refractivity contribution is 0.248. The van der Waals surface area contributed by atoms with Gasteiger partial charge in [-0.05, 0) is 12.1 Å². The van der Waals surface area contributed by atoms with Gasteiger partial charge in [0.15, 0.2) is 0 Å². The minimum absolute atomic E-state index is 0.344. The summed E-state index contributed by atoms with van der Waals surface area (Å²) in [6, 6.07) is 3.18. The van der Waals surface area contributed by atoms with Crippen LogP contribution in [0.15, 0.2) is 29.6 Å². The third-order valence-electron chi connectivity index (χ3n) is 1.51. The fourth-order valence-electron chi connectivity index (χ4n) is 0.812. The number of amides is 2. The standard InChI is InChI=1S/C8H10N4O/c1-9-11-8(13)12(2)7-4-3-5-10-6-7/h3-6H,1H2,2H3,(H,11,13). The molecule has 13 heavy (non-hydrogen) atoms. The molecule has 68 valence electrons. The van der Waals surface area contributed by atoms with Crippen molar-refractivity contribution in [3.63, 3.8) is 0 Å². The Morgan fingerprint density at radius 2 is 2.54 bits per heavy atom. The third-order valence-corrected chi connectivity index (χ3v) is 1.51. The molecule has 0 unspecified atom stereocenters. The molecule has 5 heteroatoms. The molecule has 0 atom stereocenters. The van der Waals surface area contributed by atoms with Crippen LogP contribution in [-0.4, -0.2) is 24.8 Å². The van der Waals surface area contributed by atoms with Gasteiger partial charge in [0, 0.05) is 20.0 Å². The Morgan fingerprint density at radius 1 is 1.77 bits per heavy atom. The number of urea groups is 1. The normalized spacial score (nSPS) is 9.00. The van der Waals surface area contributed by atoms with Crippen LogP contribution in [-0.2, 0) is 0 Å². The number of aromatic nitrogens is 1. The van der Waals surface area contributed by atoms with E-state index in [0.29, 0.717) is 5.69 Å². The van der Waals surface area contributed by atoms with Crippen LogP contribution in [0.2, 0.25) is 0 Å². The van der Waals surface area contributed by atoms with Crippen LogP contribution in [0, 0.1) is 0 Å². The highest BCUT2D eigenvalue weighted by atomic mass is 16.2. The van der Waals surface area contributed by atoms with Crippen LogP contribution in [0.4, 0.5) is 10.5 Å². The van der Waals surface area contributed by atoms with Crippen molar-refractivity contribution in [1.82, 2.24) is 10.4 Å². The van der Waals surface area contributed by atoms with E-state index in [-0.39, 0.29) is 6.03 Å². The first-order chi connectivity index (χ1) is 6.25. The van der Waals surface area contributed by atoms with E-state index in [2.05, 4.69) is 22.2 Å². The summed E-state index contributed by atoms with van der Waals surface area (Å²) in [4.78, 5) is 16.5. The van der Waals surface area contributed by atoms with Gasteiger partial charge in [0.25, 0.3) is 0 Å². The fourth-order valence-corrected chi connectivity index (χ4v) is 0.812. The highest BCUT2D eigenvalue weighted by Crippen LogP contribution is 2.08. The summed E-state index contributed by atoms with van der Waals surface area (Å²) >= 11 is 0. The zero-order valence-electron chi connectivity index (χ0n) is 7.27. The van der Waals surface area contributed by atoms with Gasteiger partial charge in [0.1, 0.15) is 0 Å². The molecule has 0 aliphatic carbocycles. The molecule has 2 amide bonds. The smallest absolute Gasteiger partial charge is 0.295 e. The number of nitrogens with one attached hydrogen (secondary N) is 1. The molecule has 0 bridgehead atoms. The molecule has 1 N–H and O–H groups in total. The lowest BCUT2D eigenvalue weighted by Gasteiger charge is -2.14. The number of nitrogens with zero attached hydrogens (tertiary/aromatic N) is 3. The summed E-state index contributed by atoms with van der Waals surface area (Å²) < 4.78 is 0. The maximum absolute atomic E-state index is 11.2. The molecule has 0 aromatic carbocycles. The SMILES string of the molecule is C=NNC(=O)N(C)c1cccnc1. The molecule has 0 radical (unpaired) electrons. The van der Waals surface area contributed by atoms with E-state index in [0.717, 1.165) is 0 Å². The molecule has 5 nitrogen and oxygen atoms in total. The van der Waals surface area contributed by atoms with Crippen molar-refractivity contribution in [2.24, 2.45) is 5.10 Å². The maximum atomic E-state index is 11.2. The number of anilines is 1. The van der Waals surface area contributed by atoms with Crippen molar-refractivity contribution in [2.75, 3.05) is 11.9 Å². The molecule has 0 fully saturated rings. The predicted molar refractivity (Wildman–Crippen MR) is 50.7 cm³/mol. The molecule has 1 aromatic heterocycles. The van der Waals surface area contributed by atoms with Crippen LogP contribution >= 0.6 is 0 Å². The number of hydrogen-bond acceptors (Lipinski definition) is 3. The number of rotatable bonds is 2. The van der Waals surface area contributed by atoms with Crippen LogP contribution in [0.25, 0.3) is 0 Å². The van der Waals surface area contributed by atoms with Crippen LogP contribution in [0.3, 0.4) is 0 Å². The van der Waals surface area contributed by atoms with Crippen molar-refractivity contribution < 1.29 is 4.79 Å². The highest BCUT2D eigenvalue weighted by Gasteiger charge is 2.08. The number of carbonyl (C=O) groups excluding carboxylic acids is 1. The van der Waals surface area contributed by atoms with Gasteiger partial charge in [-0.3, -0.25) is 9.88 Å². The molecule has 0 aliphatic heterocycles. The van der Waals surface area contributed by atoms with E-state index in [9.17, 15) is 4.79 Å². The van der Waals surface area contributed by atoms with Crippen molar-refractivity contribution in [1.29, 1.82) is 0 Å². The Labute approximate surface area is 76.1 Å². The summed E-state index contributed by atoms with van der Waals surface area (Å²) in [5.41, 5.74) is 2.91. The van der Waals surface area contributed by atoms with E-state index in [1.165, 1.54) is 4.90 Å². The average Bonchev–Trinajstić information content (AvgIpc) is 2.18. The number of pyridine rings is 1. The first-order valence-corrected chi connectivity index (χ1v) is 3.65. The van der Waals surface area contributed by atoms with E-state index in [4.69, 9.17) is 0 Å². The predicted octanol–water partition coefficient (Wildman–Crippen LogP) is 0.843. The Bertz CT molecular complexity index is 298. The second kappa shape index (κ2) is 4.20. The minimum Gasteiger partial charge on any atom is -0.295 e. The number of hydrogen-bond donors (Lipinski definition) is 1. The second-order valence-corrected chi connectivity index (χ2v) is 2.35. The van der Waals surface area contributed by atoms with Crippen LogP contribution in [0.1, 0.15) is 0 Å². The summed E-state index contributed by atoms with van der Waals surface area (Å²) in [5.74, 6) is 0. The van der Waals surface area contributed by atoms with Crippen molar-refractivity contribution in [2.45, 2.75) is 0 Å². The summed E-state index contributed by atoms with van der Waals surface area (Å²) in [6.07, 6.45) is 3.23. The van der Waals surface area contributed by atoms with E-state index in [1.807, 2.05) is 0 Å². The molecule has 1 rings (SSSR count). The molecule has 1 heterocycles. The molecular formula is C8H10N4O. The van der Waals surface area contributed by atoms with E-state index >= 15 is 0 Å². The van der Waals surface area contributed by atoms with Crippen molar-refractivity contribution in [3.8, 4) is 0 Å². The van der Waals surface area contributed by atoms with Crippen LogP contribution in [0.5, 0.6) is 0 Å². The molecule has 1 aromatic rings. The zero-order valence-corrected chi connectivity index (χ0v) is 7.27. The Hall–Kier alpha value is -1.91. The molecule has 0 aliphatic rings. The topological polar surface area (TPSA) is 57.6 Å². The average molecular weight is 178 g/mol. The third kappa shape index (κ3) is 2.26. The molecule has 0 saturated carbocycles. The first-order valence-electron chi connectivity index (χ1n) is 3.65. The van der Waals surface area contributed by atoms with E-state index in [1.54, 1.807) is 31.6 Å². The van der Waals surface area contributed by atoms with Gasteiger partial charge in [-0.2, -0.15) is 5.10 Å². The van der Waals surface area contributed by atoms with E-state index < -0.39 is 0 Å². The zero-order chi connectivity index (χ0) is 9.68. The van der Waals surface area contributed by atoms with Gasteiger partial charge in [0.2, 0.25) is 0 Å². The fraction of sp³-hybridized carbons (Fsp3) is 0.125. The number of hydrazone groups is 1. The number of carbonyl (C=O) groups is 1. The summed E-state index contributed by atoms with van der Waals surface area (Å²) in [7, 11) is 1.62. The van der Waals surface area contributed by atoms with Crippen molar-refractivity contribution >= 4 is 18.4 Å². The highest BCUT2D eigenvalue weighted by molar-refractivity contribution is 5.91. The summed E-state index contributed by atoms with van der Waals surface area (Å²) in [6.45, 7) is 3.15. The van der Waals surface area contributed by atoms with Gasteiger partial charge >= 0.3 is 6.03 Å². The van der Waals surface area contributed by atoms with Crippen molar-refractivity contribution in [3.05, 3.63) is 24.5 Å². The minimum atomic E-state index is -0.344. The van der Waals surface area contributed by atoms with Gasteiger partial charge in [-0.1, -0.05) is 0 Å². The van der Waals surface area contributed by atoms with Gasteiger partial charge in [0.05, 0.1) is 11.9 Å². The quantitative estimate of drug-likeness (QED) is 0.539. The molecule has 0 spiro atoms. The van der Waals surface area contributed by atoms with Gasteiger partial charge < -0.3 is 0 Å². The summed E-state index contributed by atoms with van der Waals surface area (Å²) in [5, 5.41) is 3.27. The lowest BCUT2D eigenvalue weighted by atomic mass is 10.4.